The molecule has 3 N–H and O–H groups in total. The van der Waals surface area contributed by atoms with E-state index in [9.17, 15) is 18.0 Å². The Hall–Kier alpha value is -1.60. The Morgan fingerprint density at radius 1 is 1.37 bits per heavy atom. The zero-order chi connectivity index (χ0) is 14.4. The highest BCUT2D eigenvalue weighted by Crippen LogP contribution is 2.20. The highest BCUT2D eigenvalue weighted by atomic mass is 19.1. The van der Waals surface area contributed by atoms with Crippen molar-refractivity contribution in [2.75, 3.05) is 19.0 Å². The summed E-state index contributed by atoms with van der Waals surface area (Å²) >= 11 is 0. The Morgan fingerprint density at radius 3 is 2.47 bits per heavy atom. The third kappa shape index (κ3) is 4.53. The van der Waals surface area contributed by atoms with Gasteiger partial charge in [-0.2, -0.15) is 0 Å². The van der Waals surface area contributed by atoms with Gasteiger partial charge in [-0.3, -0.25) is 4.79 Å². The number of rotatable bonds is 6. The molecule has 0 fully saturated rings. The summed E-state index contributed by atoms with van der Waals surface area (Å²) in [5, 5.41) is 2.01. The van der Waals surface area contributed by atoms with Gasteiger partial charge in [0.2, 0.25) is 5.91 Å². The van der Waals surface area contributed by atoms with Crippen LogP contribution in [-0.2, 0) is 9.53 Å². The maximum Gasteiger partial charge on any atom is 0.241 e. The molecule has 4 nitrogen and oxygen atoms in total. The van der Waals surface area contributed by atoms with Gasteiger partial charge in [0.05, 0.1) is 6.04 Å². The topological polar surface area (TPSA) is 64.3 Å². The number of hydrogen-bond donors (Lipinski definition) is 2. The largest absolute Gasteiger partial charge is 0.385 e. The number of methoxy groups -OCH3 is 1. The summed E-state index contributed by atoms with van der Waals surface area (Å²) in [6.45, 7) is 0.431. The first-order valence-corrected chi connectivity index (χ1v) is 5.65. The molecule has 0 saturated heterocycles. The molecule has 0 aliphatic heterocycles. The summed E-state index contributed by atoms with van der Waals surface area (Å²) in [5.74, 6) is -4.16. The predicted molar refractivity (Wildman–Crippen MR) is 64.0 cm³/mol. The molecule has 0 aliphatic carbocycles. The second kappa shape index (κ2) is 7.10. The molecule has 0 saturated carbocycles. The maximum absolute atomic E-state index is 13.3. The van der Waals surface area contributed by atoms with Crippen molar-refractivity contribution in [1.82, 2.24) is 0 Å². The molecule has 1 unspecified atom stereocenters. The highest BCUT2D eigenvalue weighted by molar-refractivity contribution is 5.94. The first kappa shape index (κ1) is 15.5. The molecule has 0 aromatic heterocycles. The number of halogens is 3. The van der Waals surface area contributed by atoms with Crippen LogP contribution in [0, 0.1) is 17.5 Å². The SMILES string of the molecule is COCCCC(N)C(=O)Nc1c(F)cc(F)cc1F. The first-order chi connectivity index (χ1) is 8.95. The number of carbonyl (C=O) groups is 1. The Bertz CT molecular complexity index is 432. The molecule has 1 atom stereocenters. The van der Waals surface area contributed by atoms with Crippen LogP contribution in [0.4, 0.5) is 18.9 Å². The van der Waals surface area contributed by atoms with Gasteiger partial charge in [-0.05, 0) is 12.8 Å². The fraction of sp³-hybridized carbons (Fsp3) is 0.417. The van der Waals surface area contributed by atoms with Crippen molar-refractivity contribution in [3.8, 4) is 0 Å². The van der Waals surface area contributed by atoms with Crippen molar-refractivity contribution in [2.45, 2.75) is 18.9 Å². The molecule has 1 aromatic carbocycles. The fourth-order valence-corrected chi connectivity index (χ4v) is 1.46. The lowest BCUT2D eigenvalue weighted by Gasteiger charge is -2.13. The van der Waals surface area contributed by atoms with Gasteiger partial charge in [0, 0.05) is 25.8 Å². The van der Waals surface area contributed by atoms with Gasteiger partial charge < -0.3 is 15.8 Å². The van der Waals surface area contributed by atoms with Gasteiger partial charge in [-0.15, -0.1) is 0 Å². The molecular weight excluding hydrogens is 261 g/mol. The van der Waals surface area contributed by atoms with Crippen molar-refractivity contribution in [3.63, 3.8) is 0 Å². The molecule has 0 heterocycles. The van der Waals surface area contributed by atoms with Gasteiger partial charge in [0.15, 0.2) is 11.6 Å². The maximum atomic E-state index is 13.3. The number of nitrogens with one attached hydrogen (secondary N) is 1. The summed E-state index contributed by atoms with van der Waals surface area (Å²) in [5.41, 5.74) is 4.85. The lowest BCUT2D eigenvalue weighted by atomic mass is 10.1. The van der Waals surface area contributed by atoms with Crippen molar-refractivity contribution >= 4 is 11.6 Å². The minimum atomic E-state index is -1.19. The van der Waals surface area contributed by atoms with E-state index in [1.165, 1.54) is 7.11 Å². The molecule has 1 amide bonds. The number of amides is 1. The molecule has 1 rings (SSSR count). The van der Waals surface area contributed by atoms with E-state index in [4.69, 9.17) is 10.5 Å². The van der Waals surface area contributed by atoms with Gasteiger partial charge in [0.1, 0.15) is 11.5 Å². The molecule has 106 valence electrons. The average molecular weight is 276 g/mol. The van der Waals surface area contributed by atoms with E-state index >= 15 is 0 Å². The summed E-state index contributed by atoms with van der Waals surface area (Å²) in [7, 11) is 1.51. The number of benzene rings is 1. The van der Waals surface area contributed by atoms with Crippen molar-refractivity contribution in [2.24, 2.45) is 5.73 Å². The summed E-state index contributed by atoms with van der Waals surface area (Å²) in [6, 6.07) is 0.0450. The van der Waals surface area contributed by atoms with E-state index in [2.05, 4.69) is 0 Å². The Morgan fingerprint density at radius 2 is 1.95 bits per heavy atom. The van der Waals surface area contributed by atoms with Crippen LogP contribution in [0.5, 0.6) is 0 Å². The fourth-order valence-electron chi connectivity index (χ4n) is 1.46. The van der Waals surface area contributed by atoms with Gasteiger partial charge >= 0.3 is 0 Å². The van der Waals surface area contributed by atoms with Crippen LogP contribution < -0.4 is 11.1 Å². The molecule has 0 radical (unpaired) electrons. The summed E-state index contributed by atoms with van der Waals surface area (Å²) in [6.07, 6.45) is 0.851. The van der Waals surface area contributed by atoms with Crippen LogP contribution in [-0.4, -0.2) is 25.7 Å². The predicted octanol–water partition coefficient (Wildman–Crippen LogP) is 1.80. The lowest BCUT2D eigenvalue weighted by molar-refractivity contribution is -0.117. The van der Waals surface area contributed by atoms with Crippen LogP contribution in [0.2, 0.25) is 0 Å². The number of carbonyl (C=O) groups excluding carboxylic acids is 1. The molecule has 7 heteroatoms. The number of nitrogens with two attached hydrogens (primary N) is 1. The third-order valence-electron chi connectivity index (χ3n) is 2.46. The normalized spacial score (nSPS) is 12.3. The van der Waals surface area contributed by atoms with Gasteiger partial charge in [0.25, 0.3) is 0 Å². The Balaban J connectivity index is 2.66. The monoisotopic (exact) mass is 276 g/mol. The molecule has 0 spiro atoms. The van der Waals surface area contributed by atoms with Crippen LogP contribution in [0.25, 0.3) is 0 Å². The van der Waals surface area contributed by atoms with Crippen molar-refractivity contribution in [3.05, 3.63) is 29.6 Å². The van der Waals surface area contributed by atoms with E-state index in [1.54, 1.807) is 0 Å². The van der Waals surface area contributed by atoms with E-state index in [0.717, 1.165) is 0 Å². The van der Waals surface area contributed by atoms with E-state index < -0.39 is 35.1 Å². The van der Waals surface area contributed by atoms with E-state index in [0.29, 0.717) is 31.6 Å². The van der Waals surface area contributed by atoms with Gasteiger partial charge in [-0.25, -0.2) is 13.2 Å². The number of ether oxygens (including phenoxy) is 1. The van der Waals surface area contributed by atoms with Crippen molar-refractivity contribution in [1.29, 1.82) is 0 Å². The molecule has 0 bridgehead atoms. The van der Waals surface area contributed by atoms with E-state index in [-0.39, 0.29) is 0 Å². The summed E-state index contributed by atoms with van der Waals surface area (Å²) in [4.78, 5) is 11.6. The van der Waals surface area contributed by atoms with Crippen LogP contribution in [0.3, 0.4) is 0 Å². The lowest BCUT2D eigenvalue weighted by Crippen LogP contribution is -2.36. The van der Waals surface area contributed by atoms with Crippen LogP contribution in [0.15, 0.2) is 12.1 Å². The molecule has 0 aliphatic rings. The third-order valence-corrected chi connectivity index (χ3v) is 2.46. The number of hydrogen-bond acceptors (Lipinski definition) is 3. The minimum Gasteiger partial charge on any atom is -0.385 e. The Kier molecular flexibility index (Phi) is 5.78. The smallest absolute Gasteiger partial charge is 0.241 e. The highest BCUT2D eigenvalue weighted by Gasteiger charge is 2.18. The van der Waals surface area contributed by atoms with Crippen LogP contribution in [0.1, 0.15) is 12.8 Å². The minimum absolute atomic E-state index is 0.310. The molecule has 1 aromatic rings. The van der Waals surface area contributed by atoms with E-state index in [1.807, 2.05) is 5.32 Å². The van der Waals surface area contributed by atoms with Gasteiger partial charge in [-0.1, -0.05) is 0 Å². The second-order valence-electron chi connectivity index (χ2n) is 3.98. The van der Waals surface area contributed by atoms with Crippen LogP contribution >= 0.6 is 0 Å². The first-order valence-electron chi connectivity index (χ1n) is 5.65. The zero-order valence-electron chi connectivity index (χ0n) is 10.4. The zero-order valence-corrected chi connectivity index (χ0v) is 10.4. The second-order valence-corrected chi connectivity index (χ2v) is 3.98. The Labute approximate surface area is 108 Å². The quantitative estimate of drug-likeness (QED) is 0.779. The average Bonchev–Trinajstić information content (AvgIpc) is 2.33. The van der Waals surface area contributed by atoms with Crippen molar-refractivity contribution < 1.29 is 22.7 Å². The molecule has 19 heavy (non-hydrogen) atoms. The standard InChI is InChI=1S/C12H15F3N2O2/c1-19-4-2-3-10(16)12(18)17-11-8(14)5-7(13)6-9(11)15/h5-6,10H,2-4,16H2,1H3,(H,17,18). The summed E-state index contributed by atoms with van der Waals surface area (Å²) < 4.78 is 44.0. The molecular formula is C12H15F3N2O2. The number of anilines is 1.